The molecule has 1 heterocycles. The SMILES string of the molecule is COC(=O)[C@@H]1[C@@H](C)CCCN1Cc1ccccc1. The molecule has 0 bridgehead atoms. The first-order chi connectivity index (χ1) is 8.72. The number of rotatable bonds is 3. The van der Waals surface area contributed by atoms with Crippen LogP contribution in [0.2, 0.25) is 0 Å². The van der Waals surface area contributed by atoms with Gasteiger partial charge in [-0.2, -0.15) is 0 Å². The van der Waals surface area contributed by atoms with Gasteiger partial charge in [0.25, 0.3) is 0 Å². The Morgan fingerprint density at radius 3 is 2.78 bits per heavy atom. The largest absolute Gasteiger partial charge is 0.468 e. The molecule has 18 heavy (non-hydrogen) atoms. The Kier molecular flexibility index (Phi) is 4.37. The number of ether oxygens (including phenoxy) is 1. The van der Waals surface area contributed by atoms with Crippen LogP contribution in [0, 0.1) is 5.92 Å². The summed E-state index contributed by atoms with van der Waals surface area (Å²) in [5.74, 6) is 0.271. The number of esters is 1. The Balaban J connectivity index is 2.11. The van der Waals surface area contributed by atoms with E-state index in [1.807, 2.05) is 18.2 Å². The average molecular weight is 247 g/mol. The van der Waals surface area contributed by atoms with Crippen LogP contribution in [0.4, 0.5) is 0 Å². The Morgan fingerprint density at radius 1 is 1.39 bits per heavy atom. The molecule has 2 atom stereocenters. The van der Waals surface area contributed by atoms with Gasteiger partial charge < -0.3 is 4.74 Å². The van der Waals surface area contributed by atoms with Gasteiger partial charge in [0.15, 0.2) is 0 Å². The number of benzene rings is 1. The highest BCUT2D eigenvalue weighted by Gasteiger charge is 2.34. The molecule has 1 aliphatic heterocycles. The minimum atomic E-state index is -0.0990. The normalized spacial score (nSPS) is 24.8. The fourth-order valence-corrected chi connectivity index (χ4v) is 2.77. The van der Waals surface area contributed by atoms with E-state index in [1.165, 1.54) is 12.7 Å². The van der Waals surface area contributed by atoms with Gasteiger partial charge in [0, 0.05) is 6.54 Å². The zero-order valence-corrected chi connectivity index (χ0v) is 11.1. The molecule has 3 nitrogen and oxygen atoms in total. The second kappa shape index (κ2) is 6.01. The van der Waals surface area contributed by atoms with Crippen molar-refractivity contribution in [1.82, 2.24) is 4.90 Å². The van der Waals surface area contributed by atoms with E-state index in [-0.39, 0.29) is 12.0 Å². The van der Waals surface area contributed by atoms with E-state index in [0.29, 0.717) is 5.92 Å². The fourth-order valence-electron chi connectivity index (χ4n) is 2.77. The molecule has 0 unspecified atom stereocenters. The first-order valence-electron chi connectivity index (χ1n) is 6.58. The molecule has 0 saturated carbocycles. The van der Waals surface area contributed by atoms with Gasteiger partial charge in [0.05, 0.1) is 7.11 Å². The lowest BCUT2D eigenvalue weighted by Gasteiger charge is -2.38. The number of carbonyl (C=O) groups is 1. The van der Waals surface area contributed by atoms with Gasteiger partial charge in [0.2, 0.25) is 0 Å². The highest BCUT2D eigenvalue weighted by molar-refractivity contribution is 5.76. The molecule has 1 aliphatic rings. The first-order valence-corrected chi connectivity index (χ1v) is 6.58. The molecule has 1 fully saturated rings. The van der Waals surface area contributed by atoms with Crippen LogP contribution in [0.5, 0.6) is 0 Å². The summed E-state index contributed by atoms with van der Waals surface area (Å²) in [6.07, 6.45) is 2.26. The number of piperidine rings is 1. The first kappa shape index (κ1) is 13.1. The van der Waals surface area contributed by atoms with Crippen molar-refractivity contribution in [3.05, 3.63) is 35.9 Å². The number of carbonyl (C=O) groups excluding carboxylic acids is 1. The predicted molar refractivity (Wildman–Crippen MR) is 71.1 cm³/mol. The lowest BCUT2D eigenvalue weighted by Crippen LogP contribution is -2.49. The molecule has 1 aromatic rings. The molecule has 3 heteroatoms. The molecule has 0 radical (unpaired) electrons. The van der Waals surface area contributed by atoms with E-state index in [9.17, 15) is 4.79 Å². The zero-order chi connectivity index (χ0) is 13.0. The molecule has 0 amide bonds. The molecule has 1 aromatic carbocycles. The van der Waals surface area contributed by atoms with Crippen LogP contribution in [0.25, 0.3) is 0 Å². The third kappa shape index (κ3) is 2.91. The quantitative estimate of drug-likeness (QED) is 0.768. The highest BCUT2D eigenvalue weighted by Crippen LogP contribution is 2.25. The Labute approximate surface area is 109 Å². The highest BCUT2D eigenvalue weighted by atomic mass is 16.5. The Hall–Kier alpha value is -1.35. The summed E-state index contributed by atoms with van der Waals surface area (Å²) in [5.41, 5.74) is 1.25. The summed E-state index contributed by atoms with van der Waals surface area (Å²) < 4.78 is 4.95. The lowest BCUT2D eigenvalue weighted by atomic mass is 9.90. The maximum atomic E-state index is 11.9. The van der Waals surface area contributed by atoms with Crippen LogP contribution in [0.3, 0.4) is 0 Å². The van der Waals surface area contributed by atoms with Crippen LogP contribution in [0.15, 0.2) is 30.3 Å². The van der Waals surface area contributed by atoms with E-state index in [0.717, 1.165) is 25.9 Å². The Morgan fingerprint density at radius 2 is 2.11 bits per heavy atom. The van der Waals surface area contributed by atoms with Gasteiger partial charge in [-0.3, -0.25) is 9.69 Å². The van der Waals surface area contributed by atoms with Crippen LogP contribution in [-0.4, -0.2) is 30.6 Å². The summed E-state index contributed by atoms with van der Waals surface area (Å²) in [4.78, 5) is 14.2. The van der Waals surface area contributed by atoms with Crippen molar-refractivity contribution in [3.8, 4) is 0 Å². The van der Waals surface area contributed by atoms with Gasteiger partial charge in [-0.1, -0.05) is 37.3 Å². The topological polar surface area (TPSA) is 29.5 Å². The lowest BCUT2D eigenvalue weighted by molar-refractivity contribution is -0.150. The molecule has 0 aliphatic carbocycles. The second-order valence-electron chi connectivity index (χ2n) is 5.04. The molecule has 0 N–H and O–H groups in total. The van der Waals surface area contributed by atoms with Crippen LogP contribution in [0.1, 0.15) is 25.3 Å². The maximum absolute atomic E-state index is 11.9. The van der Waals surface area contributed by atoms with Crippen molar-refractivity contribution in [1.29, 1.82) is 0 Å². The number of hydrogen-bond acceptors (Lipinski definition) is 3. The molecule has 2 rings (SSSR count). The minimum absolute atomic E-state index is 0.0936. The molecule has 1 saturated heterocycles. The number of nitrogens with zero attached hydrogens (tertiary/aromatic N) is 1. The summed E-state index contributed by atoms with van der Waals surface area (Å²) in [6.45, 7) is 3.93. The fraction of sp³-hybridized carbons (Fsp3) is 0.533. The minimum Gasteiger partial charge on any atom is -0.468 e. The molecule has 0 aromatic heterocycles. The summed E-state index contributed by atoms with van der Waals surface area (Å²) >= 11 is 0. The van der Waals surface area contributed by atoms with Gasteiger partial charge in [-0.05, 0) is 30.9 Å². The van der Waals surface area contributed by atoms with Crippen LogP contribution < -0.4 is 0 Å². The van der Waals surface area contributed by atoms with Crippen molar-refractivity contribution in [2.75, 3.05) is 13.7 Å². The van der Waals surface area contributed by atoms with Gasteiger partial charge in [-0.15, -0.1) is 0 Å². The monoisotopic (exact) mass is 247 g/mol. The van der Waals surface area contributed by atoms with E-state index in [2.05, 4.69) is 24.0 Å². The van der Waals surface area contributed by atoms with Crippen molar-refractivity contribution >= 4 is 5.97 Å². The van der Waals surface area contributed by atoms with Crippen LogP contribution in [-0.2, 0) is 16.1 Å². The molecular weight excluding hydrogens is 226 g/mol. The van der Waals surface area contributed by atoms with Gasteiger partial charge >= 0.3 is 5.97 Å². The second-order valence-corrected chi connectivity index (χ2v) is 5.04. The smallest absolute Gasteiger partial charge is 0.323 e. The molecular formula is C15H21NO2. The van der Waals surface area contributed by atoms with Crippen molar-refractivity contribution in [2.45, 2.75) is 32.4 Å². The van der Waals surface area contributed by atoms with Crippen molar-refractivity contribution in [3.63, 3.8) is 0 Å². The standard InChI is InChI=1S/C15H21NO2/c1-12-7-6-10-16(14(12)15(17)18-2)11-13-8-4-3-5-9-13/h3-5,8-9,12,14H,6-7,10-11H2,1-2H3/t12-,14-/m0/s1. The summed E-state index contributed by atoms with van der Waals surface area (Å²) in [5, 5.41) is 0. The van der Waals surface area contributed by atoms with Crippen LogP contribution >= 0.6 is 0 Å². The van der Waals surface area contributed by atoms with E-state index in [4.69, 9.17) is 4.74 Å². The van der Waals surface area contributed by atoms with Crippen molar-refractivity contribution < 1.29 is 9.53 Å². The third-order valence-electron chi connectivity index (χ3n) is 3.71. The van der Waals surface area contributed by atoms with Gasteiger partial charge in [-0.25, -0.2) is 0 Å². The van der Waals surface area contributed by atoms with Gasteiger partial charge in [0.1, 0.15) is 6.04 Å². The Bertz CT molecular complexity index is 391. The van der Waals surface area contributed by atoms with E-state index < -0.39 is 0 Å². The predicted octanol–water partition coefficient (Wildman–Crippen LogP) is 2.46. The van der Waals surface area contributed by atoms with Crippen molar-refractivity contribution in [2.24, 2.45) is 5.92 Å². The number of hydrogen-bond donors (Lipinski definition) is 0. The molecule has 0 spiro atoms. The van der Waals surface area contributed by atoms with E-state index >= 15 is 0 Å². The summed E-state index contributed by atoms with van der Waals surface area (Å²) in [6, 6.07) is 10.2. The average Bonchev–Trinajstić information content (AvgIpc) is 2.39. The maximum Gasteiger partial charge on any atom is 0.323 e. The number of likely N-dealkylation sites (tertiary alicyclic amines) is 1. The molecule has 98 valence electrons. The zero-order valence-electron chi connectivity index (χ0n) is 11.1. The number of methoxy groups -OCH3 is 1. The summed E-state index contributed by atoms with van der Waals surface area (Å²) in [7, 11) is 1.48. The third-order valence-corrected chi connectivity index (χ3v) is 3.71. The van der Waals surface area contributed by atoms with E-state index in [1.54, 1.807) is 0 Å².